The molecule has 0 fully saturated rings. The largest absolute Gasteiger partial charge is 0.463 e. The van der Waals surface area contributed by atoms with Gasteiger partial charge in [0.1, 0.15) is 0 Å². The molecular weight excluding hydrogens is 269 g/mol. The third-order valence-corrected chi connectivity index (χ3v) is 2.24. The lowest BCUT2D eigenvalue weighted by molar-refractivity contribution is -0.138. The van der Waals surface area contributed by atoms with Crippen molar-refractivity contribution in [3.8, 4) is 0 Å². The first-order chi connectivity index (χ1) is 8.34. The molecule has 0 N–H and O–H groups in total. The number of carbonyl (C=O) groups excluding carboxylic acids is 1. The number of benzene rings is 1. The molecule has 1 rings (SSSR count). The standard InChI is InChI=1S/C12H10ClF3O2/c1-2-18-11(17)6-4-8-3-5-9(13)7-10(8)12(14,15)16/h3-7H,2H2,1H3/b6-4+. The van der Waals surface area contributed by atoms with E-state index in [4.69, 9.17) is 11.6 Å². The normalized spacial score (nSPS) is 11.8. The molecule has 0 bridgehead atoms. The molecule has 0 saturated heterocycles. The lowest BCUT2D eigenvalue weighted by atomic mass is 10.1. The van der Waals surface area contributed by atoms with Gasteiger partial charge in [-0.1, -0.05) is 17.7 Å². The van der Waals surface area contributed by atoms with Crippen LogP contribution in [0.3, 0.4) is 0 Å². The van der Waals surface area contributed by atoms with Crippen molar-refractivity contribution in [2.24, 2.45) is 0 Å². The molecule has 1 aromatic carbocycles. The van der Waals surface area contributed by atoms with Crippen LogP contribution in [0.4, 0.5) is 13.2 Å². The number of carbonyl (C=O) groups is 1. The summed E-state index contributed by atoms with van der Waals surface area (Å²) in [4.78, 5) is 11.0. The molecule has 2 nitrogen and oxygen atoms in total. The summed E-state index contributed by atoms with van der Waals surface area (Å²) < 4.78 is 42.7. The van der Waals surface area contributed by atoms with Gasteiger partial charge >= 0.3 is 12.1 Å². The molecule has 0 spiro atoms. The van der Waals surface area contributed by atoms with Crippen LogP contribution in [0.5, 0.6) is 0 Å². The molecule has 98 valence electrons. The van der Waals surface area contributed by atoms with E-state index in [1.165, 1.54) is 12.1 Å². The van der Waals surface area contributed by atoms with Gasteiger partial charge in [0.15, 0.2) is 0 Å². The molecular formula is C12H10ClF3O2. The third kappa shape index (κ3) is 4.07. The Morgan fingerprint density at radius 3 is 2.67 bits per heavy atom. The van der Waals surface area contributed by atoms with E-state index in [9.17, 15) is 18.0 Å². The molecule has 0 atom stereocenters. The van der Waals surface area contributed by atoms with Gasteiger partial charge in [0.25, 0.3) is 0 Å². The zero-order valence-electron chi connectivity index (χ0n) is 9.42. The number of ether oxygens (including phenoxy) is 1. The van der Waals surface area contributed by atoms with E-state index in [-0.39, 0.29) is 17.2 Å². The predicted molar refractivity (Wildman–Crippen MR) is 62.1 cm³/mol. The maximum absolute atomic E-state index is 12.7. The zero-order valence-corrected chi connectivity index (χ0v) is 10.2. The van der Waals surface area contributed by atoms with Crippen LogP contribution in [0.1, 0.15) is 18.1 Å². The summed E-state index contributed by atoms with van der Waals surface area (Å²) in [5.74, 6) is -0.694. The van der Waals surface area contributed by atoms with Crippen LogP contribution in [0.25, 0.3) is 6.08 Å². The van der Waals surface area contributed by atoms with Gasteiger partial charge in [-0.05, 0) is 30.7 Å². The Labute approximate surface area is 107 Å². The Morgan fingerprint density at radius 1 is 1.44 bits per heavy atom. The minimum atomic E-state index is -4.53. The maximum atomic E-state index is 12.7. The lowest BCUT2D eigenvalue weighted by Crippen LogP contribution is -2.07. The SMILES string of the molecule is CCOC(=O)/C=C/c1ccc(Cl)cc1C(F)(F)F. The van der Waals surface area contributed by atoms with Crippen molar-refractivity contribution < 1.29 is 22.7 Å². The summed E-state index contributed by atoms with van der Waals surface area (Å²) in [6.45, 7) is 1.77. The second-order valence-corrected chi connectivity index (χ2v) is 3.75. The van der Waals surface area contributed by atoms with Crippen LogP contribution in [0.2, 0.25) is 5.02 Å². The van der Waals surface area contributed by atoms with Crippen molar-refractivity contribution in [3.63, 3.8) is 0 Å². The lowest BCUT2D eigenvalue weighted by Gasteiger charge is -2.10. The number of halogens is 4. The van der Waals surface area contributed by atoms with Crippen LogP contribution >= 0.6 is 11.6 Å². The van der Waals surface area contributed by atoms with E-state index in [2.05, 4.69) is 4.74 Å². The fourth-order valence-electron chi connectivity index (χ4n) is 1.27. The molecule has 1 aromatic rings. The van der Waals surface area contributed by atoms with Gasteiger partial charge in [-0.2, -0.15) is 13.2 Å². The topological polar surface area (TPSA) is 26.3 Å². The quantitative estimate of drug-likeness (QED) is 0.618. The van der Waals surface area contributed by atoms with Crippen molar-refractivity contribution in [1.29, 1.82) is 0 Å². The average molecular weight is 279 g/mol. The number of rotatable bonds is 3. The Hall–Kier alpha value is -1.49. The molecule has 0 unspecified atom stereocenters. The van der Waals surface area contributed by atoms with Gasteiger partial charge in [-0.3, -0.25) is 0 Å². The molecule has 0 aliphatic heterocycles. The third-order valence-electron chi connectivity index (χ3n) is 2.01. The minimum Gasteiger partial charge on any atom is -0.463 e. The zero-order chi connectivity index (χ0) is 13.8. The van der Waals surface area contributed by atoms with Gasteiger partial charge in [0.2, 0.25) is 0 Å². The van der Waals surface area contributed by atoms with Gasteiger partial charge in [-0.25, -0.2) is 4.79 Å². The highest BCUT2D eigenvalue weighted by atomic mass is 35.5. The monoisotopic (exact) mass is 278 g/mol. The summed E-state index contributed by atoms with van der Waals surface area (Å²) in [6, 6.07) is 3.33. The van der Waals surface area contributed by atoms with Crippen molar-refractivity contribution in [2.75, 3.05) is 6.61 Å². The minimum absolute atomic E-state index is 0.0180. The highest BCUT2D eigenvalue weighted by Gasteiger charge is 2.32. The molecule has 0 aliphatic carbocycles. The molecule has 0 heterocycles. The number of esters is 1. The fourth-order valence-corrected chi connectivity index (χ4v) is 1.44. The summed E-state index contributed by atoms with van der Waals surface area (Å²) in [5.41, 5.74) is -1.03. The van der Waals surface area contributed by atoms with Gasteiger partial charge in [0, 0.05) is 11.1 Å². The van der Waals surface area contributed by atoms with Crippen molar-refractivity contribution in [3.05, 3.63) is 40.4 Å². The molecule has 6 heteroatoms. The van der Waals surface area contributed by atoms with Crippen LogP contribution in [-0.2, 0) is 15.7 Å². The highest BCUT2D eigenvalue weighted by Crippen LogP contribution is 2.34. The smallest absolute Gasteiger partial charge is 0.417 e. The van der Waals surface area contributed by atoms with E-state index in [0.717, 1.165) is 18.2 Å². The van der Waals surface area contributed by atoms with Gasteiger partial charge in [-0.15, -0.1) is 0 Å². The molecule has 0 radical (unpaired) electrons. The summed E-state index contributed by atoms with van der Waals surface area (Å²) >= 11 is 5.52. The van der Waals surface area contributed by atoms with Crippen LogP contribution in [0.15, 0.2) is 24.3 Å². The molecule has 0 amide bonds. The van der Waals surface area contributed by atoms with Crippen molar-refractivity contribution in [1.82, 2.24) is 0 Å². The van der Waals surface area contributed by atoms with Crippen molar-refractivity contribution >= 4 is 23.6 Å². The number of hydrogen-bond acceptors (Lipinski definition) is 2. The second kappa shape index (κ2) is 5.91. The summed E-state index contributed by atoms with van der Waals surface area (Å²) in [5, 5.41) is -0.0180. The Morgan fingerprint density at radius 2 is 2.11 bits per heavy atom. The Balaban J connectivity index is 3.06. The van der Waals surface area contributed by atoms with Crippen LogP contribution in [-0.4, -0.2) is 12.6 Å². The number of hydrogen-bond donors (Lipinski definition) is 0. The van der Waals surface area contributed by atoms with E-state index >= 15 is 0 Å². The Bertz CT molecular complexity index is 467. The molecule has 0 saturated carbocycles. The van der Waals surface area contributed by atoms with E-state index in [0.29, 0.717) is 0 Å². The van der Waals surface area contributed by atoms with Crippen LogP contribution in [0, 0.1) is 0 Å². The average Bonchev–Trinajstić information content (AvgIpc) is 2.26. The second-order valence-electron chi connectivity index (χ2n) is 3.31. The maximum Gasteiger partial charge on any atom is 0.417 e. The van der Waals surface area contributed by atoms with E-state index in [1.807, 2.05) is 0 Å². The van der Waals surface area contributed by atoms with Crippen LogP contribution < -0.4 is 0 Å². The summed E-state index contributed by atoms with van der Waals surface area (Å²) in [6.07, 6.45) is -2.53. The van der Waals surface area contributed by atoms with Gasteiger partial charge < -0.3 is 4.74 Å². The molecule has 18 heavy (non-hydrogen) atoms. The first kappa shape index (κ1) is 14.6. The van der Waals surface area contributed by atoms with E-state index < -0.39 is 17.7 Å². The Kier molecular flexibility index (Phi) is 4.78. The predicted octanol–water partition coefficient (Wildman–Crippen LogP) is 3.94. The first-order valence-corrected chi connectivity index (χ1v) is 5.44. The highest BCUT2D eigenvalue weighted by molar-refractivity contribution is 6.30. The fraction of sp³-hybridized carbons (Fsp3) is 0.250. The summed E-state index contributed by atoms with van der Waals surface area (Å²) in [7, 11) is 0. The van der Waals surface area contributed by atoms with Gasteiger partial charge in [0.05, 0.1) is 12.2 Å². The first-order valence-electron chi connectivity index (χ1n) is 5.06. The van der Waals surface area contributed by atoms with E-state index in [1.54, 1.807) is 6.92 Å². The molecule has 0 aromatic heterocycles. The molecule has 0 aliphatic rings. The number of alkyl halides is 3. The van der Waals surface area contributed by atoms with Crippen molar-refractivity contribution in [2.45, 2.75) is 13.1 Å².